The molecule has 2 N–H and O–H groups in total. The van der Waals surface area contributed by atoms with Crippen molar-refractivity contribution in [1.82, 2.24) is 9.97 Å². The van der Waals surface area contributed by atoms with E-state index in [-0.39, 0.29) is 11.5 Å². The second-order valence-electron chi connectivity index (χ2n) is 6.29. The van der Waals surface area contributed by atoms with E-state index < -0.39 is 5.97 Å². The molecule has 1 amide bonds. The van der Waals surface area contributed by atoms with Crippen molar-refractivity contribution >= 4 is 44.4 Å². The van der Waals surface area contributed by atoms with Crippen LogP contribution in [0.5, 0.6) is 0 Å². The molecule has 0 atom stereocenters. The number of amides is 1. The molecule has 4 aromatic rings. The van der Waals surface area contributed by atoms with E-state index in [1.807, 2.05) is 30.3 Å². The molecule has 0 saturated heterocycles. The van der Waals surface area contributed by atoms with Crippen molar-refractivity contribution in [3.8, 4) is 11.3 Å². The molecule has 29 heavy (non-hydrogen) atoms. The van der Waals surface area contributed by atoms with E-state index in [2.05, 4.69) is 31.2 Å². The van der Waals surface area contributed by atoms with Crippen LogP contribution in [0.2, 0.25) is 0 Å². The summed E-state index contributed by atoms with van der Waals surface area (Å²) < 4.78 is 0.824. The van der Waals surface area contributed by atoms with Crippen LogP contribution in [0.1, 0.15) is 20.7 Å². The number of pyridine rings is 2. The molecule has 0 unspecified atom stereocenters. The molecular formula is C22H14BrN3O3. The Morgan fingerprint density at radius 1 is 0.966 bits per heavy atom. The third kappa shape index (κ3) is 4.00. The highest BCUT2D eigenvalue weighted by Gasteiger charge is 2.15. The monoisotopic (exact) mass is 447 g/mol. The number of carboxylic acid groups (broad SMARTS) is 1. The lowest BCUT2D eigenvalue weighted by atomic mass is 10.0. The van der Waals surface area contributed by atoms with Crippen LogP contribution in [0.4, 0.5) is 5.69 Å². The van der Waals surface area contributed by atoms with Gasteiger partial charge in [-0.2, -0.15) is 0 Å². The van der Waals surface area contributed by atoms with Gasteiger partial charge in [-0.05, 0) is 54.6 Å². The fraction of sp³-hybridized carbons (Fsp3) is 0. The maximum atomic E-state index is 13.1. The van der Waals surface area contributed by atoms with E-state index in [1.54, 1.807) is 30.6 Å². The molecule has 7 heteroatoms. The molecule has 0 bridgehead atoms. The lowest BCUT2D eigenvalue weighted by Gasteiger charge is -2.11. The normalized spacial score (nSPS) is 10.7. The van der Waals surface area contributed by atoms with Gasteiger partial charge < -0.3 is 10.4 Å². The van der Waals surface area contributed by atoms with Crippen molar-refractivity contribution in [1.29, 1.82) is 0 Å². The number of anilines is 1. The Labute approximate surface area is 174 Å². The number of benzene rings is 2. The van der Waals surface area contributed by atoms with E-state index >= 15 is 0 Å². The number of carbonyl (C=O) groups is 2. The number of hydrogen-bond acceptors (Lipinski definition) is 4. The summed E-state index contributed by atoms with van der Waals surface area (Å²) in [6.07, 6.45) is 3.33. The molecule has 2 heterocycles. The van der Waals surface area contributed by atoms with Gasteiger partial charge in [0, 0.05) is 33.5 Å². The maximum absolute atomic E-state index is 13.1. The van der Waals surface area contributed by atoms with Gasteiger partial charge >= 0.3 is 5.97 Å². The van der Waals surface area contributed by atoms with Crippen molar-refractivity contribution < 1.29 is 14.7 Å². The second-order valence-corrected chi connectivity index (χ2v) is 7.21. The Morgan fingerprint density at radius 2 is 1.76 bits per heavy atom. The average molecular weight is 448 g/mol. The van der Waals surface area contributed by atoms with Crippen LogP contribution in [0.3, 0.4) is 0 Å². The van der Waals surface area contributed by atoms with Gasteiger partial charge in [-0.3, -0.25) is 9.78 Å². The summed E-state index contributed by atoms with van der Waals surface area (Å²) in [6, 6.07) is 17.0. The van der Waals surface area contributed by atoms with Gasteiger partial charge in [0.2, 0.25) is 0 Å². The number of rotatable bonds is 4. The van der Waals surface area contributed by atoms with Crippen molar-refractivity contribution in [3.63, 3.8) is 0 Å². The number of halogens is 1. The van der Waals surface area contributed by atoms with E-state index in [0.717, 1.165) is 10.0 Å². The quantitative estimate of drug-likeness (QED) is 0.458. The predicted molar refractivity (Wildman–Crippen MR) is 114 cm³/mol. The molecule has 6 nitrogen and oxygen atoms in total. The Bertz CT molecular complexity index is 1240. The van der Waals surface area contributed by atoms with Crippen LogP contribution in [-0.2, 0) is 0 Å². The van der Waals surface area contributed by atoms with Gasteiger partial charge in [-0.25, -0.2) is 9.78 Å². The summed E-state index contributed by atoms with van der Waals surface area (Å²) in [5, 5.41) is 12.6. The Balaban J connectivity index is 1.80. The fourth-order valence-electron chi connectivity index (χ4n) is 2.98. The first-order valence-corrected chi connectivity index (χ1v) is 9.46. The summed E-state index contributed by atoms with van der Waals surface area (Å²) in [5.74, 6) is -1.41. The number of aromatic carboxylic acids is 1. The molecule has 0 spiro atoms. The Morgan fingerprint density at radius 3 is 2.52 bits per heavy atom. The van der Waals surface area contributed by atoms with Gasteiger partial charge in [0.05, 0.1) is 22.3 Å². The highest BCUT2D eigenvalue weighted by Crippen LogP contribution is 2.27. The number of carbonyl (C=O) groups excluding carboxylic acids is 1. The van der Waals surface area contributed by atoms with Gasteiger partial charge in [0.25, 0.3) is 5.91 Å². The van der Waals surface area contributed by atoms with Gasteiger partial charge in [0.15, 0.2) is 0 Å². The first-order valence-electron chi connectivity index (χ1n) is 8.67. The third-order valence-corrected chi connectivity index (χ3v) is 4.85. The lowest BCUT2D eigenvalue weighted by molar-refractivity contribution is 0.0696. The van der Waals surface area contributed by atoms with E-state index in [4.69, 9.17) is 5.11 Å². The zero-order chi connectivity index (χ0) is 20.4. The van der Waals surface area contributed by atoms with Gasteiger partial charge in [-0.1, -0.05) is 22.0 Å². The Kier molecular flexibility index (Phi) is 5.05. The van der Waals surface area contributed by atoms with Crippen molar-refractivity contribution in [2.75, 3.05) is 5.32 Å². The number of aromatic nitrogens is 2. The number of hydrogen-bond donors (Lipinski definition) is 2. The van der Waals surface area contributed by atoms with Crippen LogP contribution >= 0.6 is 15.9 Å². The number of nitrogens with zero attached hydrogens (tertiary/aromatic N) is 2. The zero-order valence-corrected chi connectivity index (χ0v) is 16.6. The third-order valence-electron chi connectivity index (χ3n) is 4.36. The maximum Gasteiger partial charge on any atom is 0.335 e. The molecule has 0 aliphatic heterocycles. The summed E-state index contributed by atoms with van der Waals surface area (Å²) in [6.45, 7) is 0. The van der Waals surface area contributed by atoms with Crippen molar-refractivity contribution in [2.24, 2.45) is 0 Å². The number of fused-ring (bicyclic) bond motifs is 1. The summed E-state index contributed by atoms with van der Waals surface area (Å²) in [7, 11) is 0. The second kappa shape index (κ2) is 7.81. The average Bonchev–Trinajstić information content (AvgIpc) is 2.73. The zero-order valence-electron chi connectivity index (χ0n) is 15.0. The largest absolute Gasteiger partial charge is 0.478 e. The van der Waals surface area contributed by atoms with Crippen LogP contribution in [0.15, 0.2) is 77.5 Å². The standard InChI is InChI=1S/C22H14BrN3O3/c23-15-4-5-19-17(11-15)18(12-20(26-19)13-6-8-24-9-7-13)21(27)25-16-3-1-2-14(10-16)22(28)29/h1-12H,(H,25,27)(H,28,29). The van der Waals surface area contributed by atoms with E-state index in [9.17, 15) is 9.59 Å². The minimum absolute atomic E-state index is 0.0996. The molecule has 2 aromatic carbocycles. The number of carboxylic acids is 1. The van der Waals surface area contributed by atoms with Crippen molar-refractivity contribution in [3.05, 3.63) is 88.7 Å². The SMILES string of the molecule is O=C(O)c1cccc(NC(=O)c2cc(-c3ccncc3)nc3ccc(Br)cc23)c1. The summed E-state index contributed by atoms with van der Waals surface area (Å²) in [4.78, 5) is 33.0. The highest BCUT2D eigenvalue weighted by atomic mass is 79.9. The molecule has 2 aromatic heterocycles. The molecule has 0 fully saturated rings. The molecule has 0 aliphatic carbocycles. The molecule has 4 rings (SSSR count). The molecular weight excluding hydrogens is 434 g/mol. The van der Waals surface area contributed by atoms with E-state index in [1.165, 1.54) is 12.1 Å². The van der Waals surface area contributed by atoms with E-state index in [0.29, 0.717) is 27.8 Å². The molecule has 0 radical (unpaired) electrons. The predicted octanol–water partition coefficient (Wildman–Crippen LogP) is 5.01. The summed E-state index contributed by atoms with van der Waals surface area (Å²) in [5.41, 5.74) is 3.09. The van der Waals surface area contributed by atoms with Crippen LogP contribution in [0, 0.1) is 0 Å². The molecule has 0 saturated carbocycles. The molecule has 142 valence electrons. The Hall–Kier alpha value is -3.58. The lowest BCUT2D eigenvalue weighted by Crippen LogP contribution is -2.13. The minimum atomic E-state index is -1.06. The summed E-state index contributed by atoms with van der Waals surface area (Å²) >= 11 is 3.44. The van der Waals surface area contributed by atoms with Gasteiger partial charge in [-0.15, -0.1) is 0 Å². The fourth-order valence-corrected chi connectivity index (χ4v) is 3.35. The first kappa shape index (κ1) is 18.8. The highest BCUT2D eigenvalue weighted by molar-refractivity contribution is 9.10. The first-order chi connectivity index (χ1) is 14.0. The van der Waals surface area contributed by atoms with Crippen LogP contribution in [0.25, 0.3) is 22.2 Å². The minimum Gasteiger partial charge on any atom is -0.478 e. The van der Waals surface area contributed by atoms with Crippen LogP contribution < -0.4 is 5.32 Å². The number of nitrogens with one attached hydrogen (secondary N) is 1. The van der Waals surface area contributed by atoms with Crippen LogP contribution in [-0.4, -0.2) is 27.0 Å². The molecule has 0 aliphatic rings. The van der Waals surface area contributed by atoms with Crippen molar-refractivity contribution in [2.45, 2.75) is 0 Å². The van der Waals surface area contributed by atoms with Gasteiger partial charge in [0.1, 0.15) is 0 Å². The topological polar surface area (TPSA) is 92.2 Å². The smallest absolute Gasteiger partial charge is 0.335 e.